The summed E-state index contributed by atoms with van der Waals surface area (Å²) in [5.74, 6) is 0. The van der Waals surface area contributed by atoms with Gasteiger partial charge in [-0.3, -0.25) is 4.90 Å². The molecule has 2 rings (SSSR count). The lowest BCUT2D eigenvalue weighted by atomic mass is 10.2. The van der Waals surface area contributed by atoms with Gasteiger partial charge in [0.1, 0.15) is 0 Å². The molecule has 1 aliphatic rings. The van der Waals surface area contributed by atoms with Crippen LogP contribution in [-0.2, 0) is 6.54 Å². The first-order chi connectivity index (χ1) is 7.40. The zero-order valence-corrected chi connectivity index (χ0v) is 10.0. The van der Waals surface area contributed by atoms with Crippen molar-refractivity contribution in [3.8, 4) is 0 Å². The lowest BCUT2D eigenvalue weighted by molar-refractivity contribution is 0.232. The van der Waals surface area contributed by atoms with Crippen LogP contribution < -0.4 is 5.32 Å². The van der Waals surface area contributed by atoms with Gasteiger partial charge in [-0.15, -0.1) is 11.8 Å². The second-order valence-electron chi connectivity index (χ2n) is 3.84. The van der Waals surface area contributed by atoms with E-state index in [4.69, 9.17) is 0 Å². The highest BCUT2D eigenvalue weighted by Crippen LogP contribution is 2.21. The second kappa shape index (κ2) is 5.54. The largest absolute Gasteiger partial charge is 0.314 e. The van der Waals surface area contributed by atoms with Crippen molar-refractivity contribution in [2.75, 3.05) is 32.4 Å². The number of piperazine rings is 1. The Kier molecular flexibility index (Phi) is 4.06. The normalized spacial score (nSPS) is 17.9. The van der Waals surface area contributed by atoms with E-state index in [1.807, 2.05) is 11.8 Å². The number of benzene rings is 1. The molecule has 1 fully saturated rings. The molecule has 1 aliphatic heterocycles. The summed E-state index contributed by atoms with van der Waals surface area (Å²) in [7, 11) is 0. The minimum Gasteiger partial charge on any atom is -0.314 e. The van der Waals surface area contributed by atoms with Crippen LogP contribution >= 0.6 is 11.8 Å². The molecule has 0 aliphatic carbocycles. The Bertz CT molecular complexity index is 308. The smallest absolute Gasteiger partial charge is 0.0245 e. The Hall–Kier alpha value is -0.510. The molecular formula is C12H18N2S. The predicted octanol–water partition coefficient (Wildman–Crippen LogP) is 1.81. The van der Waals surface area contributed by atoms with Gasteiger partial charge in [-0.2, -0.15) is 0 Å². The Balaban J connectivity index is 2.02. The van der Waals surface area contributed by atoms with Crippen molar-refractivity contribution in [2.45, 2.75) is 11.4 Å². The molecule has 2 nitrogen and oxygen atoms in total. The fraction of sp³-hybridized carbons (Fsp3) is 0.500. The Morgan fingerprint density at radius 3 is 2.73 bits per heavy atom. The topological polar surface area (TPSA) is 15.3 Å². The maximum Gasteiger partial charge on any atom is 0.0245 e. The maximum absolute atomic E-state index is 3.38. The van der Waals surface area contributed by atoms with Crippen LogP contribution in [0.15, 0.2) is 29.2 Å². The SMILES string of the molecule is CSc1ccccc1CN1CCNCC1. The highest BCUT2D eigenvalue weighted by Gasteiger charge is 2.11. The van der Waals surface area contributed by atoms with E-state index in [-0.39, 0.29) is 0 Å². The van der Waals surface area contributed by atoms with Gasteiger partial charge in [0.15, 0.2) is 0 Å². The minimum atomic E-state index is 1.10. The van der Waals surface area contributed by atoms with Crippen molar-refractivity contribution in [1.29, 1.82) is 0 Å². The van der Waals surface area contributed by atoms with Crippen LogP contribution in [-0.4, -0.2) is 37.3 Å². The summed E-state index contributed by atoms with van der Waals surface area (Å²) < 4.78 is 0. The van der Waals surface area contributed by atoms with E-state index in [0.29, 0.717) is 0 Å². The molecular weight excluding hydrogens is 204 g/mol. The van der Waals surface area contributed by atoms with E-state index in [1.165, 1.54) is 23.5 Å². The van der Waals surface area contributed by atoms with Crippen LogP contribution in [0.2, 0.25) is 0 Å². The molecule has 0 bridgehead atoms. The number of rotatable bonds is 3. The Labute approximate surface area is 96.0 Å². The molecule has 0 spiro atoms. The van der Waals surface area contributed by atoms with E-state index < -0.39 is 0 Å². The minimum absolute atomic E-state index is 1.10. The standard InChI is InChI=1S/C12H18N2S/c1-15-12-5-3-2-4-11(12)10-14-8-6-13-7-9-14/h2-5,13H,6-10H2,1H3. The summed E-state index contributed by atoms with van der Waals surface area (Å²) in [5.41, 5.74) is 1.46. The Morgan fingerprint density at radius 1 is 1.27 bits per heavy atom. The van der Waals surface area contributed by atoms with Crippen molar-refractivity contribution in [2.24, 2.45) is 0 Å². The van der Waals surface area contributed by atoms with Gasteiger partial charge in [-0.1, -0.05) is 18.2 Å². The second-order valence-corrected chi connectivity index (χ2v) is 4.69. The molecule has 1 saturated heterocycles. The van der Waals surface area contributed by atoms with Crippen molar-refractivity contribution in [3.05, 3.63) is 29.8 Å². The number of nitrogens with one attached hydrogen (secondary N) is 1. The van der Waals surface area contributed by atoms with E-state index in [0.717, 1.165) is 19.6 Å². The third-order valence-electron chi connectivity index (χ3n) is 2.80. The highest BCUT2D eigenvalue weighted by atomic mass is 32.2. The number of hydrogen-bond acceptors (Lipinski definition) is 3. The van der Waals surface area contributed by atoms with Crippen LogP contribution in [0.4, 0.5) is 0 Å². The molecule has 1 aromatic carbocycles. The molecule has 0 radical (unpaired) electrons. The predicted molar refractivity (Wildman–Crippen MR) is 66.4 cm³/mol. The first-order valence-corrected chi connectivity index (χ1v) is 6.67. The lowest BCUT2D eigenvalue weighted by Gasteiger charge is -2.27. The molecule has 3 heteroatoms. The molecule has 0 saturated carbocycles. The number of hydrogen-bond donors (Lipinski definition) is 1. The molecule has 1 N–H and O–H groups in total. The average molecular weight is 222 g/mol. The monoisotopic (exact) mass is 222 g/mol. The van der Waals surface area contributed by atoms with Crippen LogP contribution in [0.3, 0.4) is 0 Å². The van der Waals surface area contributed by atoms with Gasteiger partial charge < -0.3 is 5.32 Å². The summed E-state index contributed by atoms with van der Waals surface area (Å²) in [4.78, 5) is 3.93. The molecule has 0 amide bonds. The van der Waals surface area contributed by atoms with E-state index >= 15 is 0 Å². The van der Waals surface area contributed by atoms with Crippen LogP contribution in [0.5, 0.6) is 0 Å². The highest BCUT2D eigenvalue weighted by molar-refractivity contribution is 7.98. The van der Waals surface area contributed by atoms with Gasteiger partial charge in [0, 0.05) is 37.6 Å². The van der Waals surface area contributed by atoms with E-state index in [1.54, 1.807) is 0 Å². The first kappa shape index (κ1) is 11.0. The maximum atomic E-state index is 3.38. The fourth-order valence-corrected chi connectivity index (χ4v) is 2.55. The summed E-state index contributed by atoms with van der Waals surface area (Å²) in [6, 6.07) is 8.71. The third kappa shape index (κ3) is 2.97. The fourth-order valence-electron chi connectivity index (χ4n) is 1.94. The molecule has 1 heterocycles. The van der Waals surface area contributed by atoms with Crippen LogP contribution in [0.1, 0.15) is 5.56 Å². The van der Waals surface area contributed by atoms with Crippen molar-refractivity contribution in [1.82, 2.24) is 10.2 Å². The first-order valence-electron chi connectivity index (χ1n) is 5.45. The van der Waals surface area contributed by atoms with Crippen molar-refractivity contribution < 1.29 is 0 Å². The van der Waals surface area contributed by atoms with Crippen LogP contribution in [0.25, 0.3) is 0 Å². The van der Waals surface area contributed by atoms with Gasteiger partial charge in [0.2, 0.25) is 0 Å². The van der Waals surface area contributed by atoms with Gasteiger partial charge in [0.05, 0.1) is 0 Å². The van der Waals surface area contributed by atoms with Gasteiger partial charge in [0.25, 0.3) is 0 Å². The number of nitrogens with zero attached hydrogens (tertiary/aromatic N) is 1. The zero-order chi connectivity index (χ0) is 10.5. The summed E-state index contributed by atoms with van der Waals surface area (Å²) >= 11 is 1.84. The van der Waals surface area contributed by atoms with E-state index in [2.05, 4.69) is 40.7 Å². The van der Waals surface area contributed by atoms with Crippen molar-refractivity contribution >= 4 is 11.8 Å². The zero-order valence-electron chi connectivity index (χ0n) is 9.20. The molecule has 0 unspecified atom stereocenters. The Morgan fingerprint density at radius 2 is 2.00 bits per heavy atom. The number of thioether (sulfide) groups is 1. The van der Waals surface area contributed by atoms with Gasteiger partial charge in [-0.05, 0) is 17.9 Å². The molecule has 1 aromatic rings. The molecule has 0 atom stereocenters. The van der Waals surface area contributed by atoms with Crippen LogP contribution in [0, 0.1) is 0 Å². The summed E-state index contributed by atoms with van der Waals surface area (Å²) in [6.07, 6.45) is 2.15. The van der Waals surface area contributed by atoms with E-state index in [9.17, 15) is 0 Å². The molecule has 0 aromatic heterocycles. The summed E-state index contributed by atoms with van der Waals surface area (Å²) in [6.45, 7) is 5.69. The third-order valence-corrected chi connectivity index (χ3v) is 3.63. The van der Waals surface area contributed by atoms with Gasteiger partial charge in [-0.25, -0.2) is 0 Å². The lowest BCUT2D eigenvalue weighted by Crippen LogP contribution is -2.42. The summed E-state index contributed by atoms with van der Waals surface area (Å²) in [5, 5.41) is 3.38. The van der Waals surface area contributed by atoms with Gasteiger partial charge >= 0.3 is 0 Å². The molecule has 15 heavy (non-hydrogen) atoms. The quantitative estimate of drug-likeness (QED) is 0.785. The average Bonchev–Trinajstić information content (AvgIpc) is 2.31. The van der Waals surface area contributed by atoms with Crippen molar-refractivity contribution in [3.63, 3.8) is 0 Å². The molecule has 82 valence electrons.